The molecule has 2 aliphatic heterocycles. The van der Waals surface area contributed by atoms with Gasteiger partial charge in [-0.1, -0.05) is 32.9 Å². The molecule has 3 aliphatic rings. The number of halogens is 2. The molecular weight excluding hydrogens is 405 g/mol. The van der Waals surface area contributed by atoms with Crippen LogP contribution < -0.4 is 15.5 Å². The molecule has 4 nitrogen and oxygen atoms in total. The molecule has 1 atom stereocenters. The molecule has 0 aromatic heterocycles. The average molecular weight is 442 g/mol. The van der Waals surface area contributed by atoms with Crippen LogP contribution in [0.4, 0.5) is 5.69 Å². The van der Waals surface area contributed by atoms with Crippen molar-refractivity contribution >= 4 is 36.4 Å². The topological polar surface area (TPSA) is 44.4 Å². The Morgan fingerprint density at radius 2 is 1.66 bits per heavy atom. The van der Waals surface area contributed by atoms with Crippen molar-refractivity contribution in [1.29, 1.82) is 0 Å². The van der Waals surface area contributed by atoms with Crippen LogP contribution in [0.15, 0.2) is 24.3 Å². The number of carbonyl (C=O) groups is 1. The van der Waals surface area contributed by atoms with Gasteiger partial charge in [-0.25, -0.2) is 0 Å². The van der Waals surface area contributed by atoms with Crippen LogP contribution in [0.1, 0.15) is 58.4 Å². The molecule has 1 aromatic carbocycles. The molecule has 1 amide bonds. The molecule has 2 N–H and O–H groups in total. The van der Waals surface area contributed by atoms with Crippen LogP contribution in [-0.4, -0.2) is 38.1 Å². The van der Waals surface area contributed by atoms with E-state index in [1.54, 1.807) is 0 Å². The molecule has 29 heavy (non-hydrogen) atoms. The van der Waals surface area contributed by atoms with Crippen LogP contribution in [0.5, 0.6) is 0 Å². The minimum absolute atomic E-state index is 0. The molecule has 1 aliphatic carbocycles. The highest BCUT2D eigenvalue weighted by Gasteiger charge is 2.57. The Kier molecular flexibility index (Phi) is 7.92. The molecule has 164 valence electrons. The Bertz CT molecular complexity index is 672. The number of hydrogen-bond donors (Lipinski definition) is 2. The first-order chi connectivity index (χ1) is 12.9. The van der Waals surface area contributed by atoms with Crippen LogP contribution in [0.25, 0.3) is 0 Å². The zero-order valence-electron chi connectivity index (χ0n) is 18.0. The van der Waals surface area contributed by atoms with Gasteiger partial charge in [0.2, 0.25) is 5.91 Å². The lowest BCUT2D eigenvalue weighted by Gasteiger charge is -2.34. The van der Waals surface area contributed by atoms with E-state index in [0.717, 1.165) is 45.4 Å². The quantitative estimate of drug-likeness (QED) is 0.734. The standard InChI is InChI=1S/C23H35N3O.2ClH/c1-22(2,3)17-4-6-19(7-5-17)26-14-8-18(9-15-26)25-21(27)20-16-23(20)10-12-24-13-11-23;;/h4-7,18,20,24H,8-16H2,1-3H3,(H,25,27);2*1H. The van der Waals surface area contributed by atoms with Crippen molar-refractivity contribution in [3.8, 4) is 0 Å². The Labute approximate surface area is 188 Å². The van der Waals surface area contributed by atoms with Crippen LogP contribution in [0, 0.1) is 11.3 Å². The summed E-state index contributed by atoms with van der Waals surface area (Å²) in [6.07, 6.45) is 5.56. The third-order valence-electron chi connectivity index (χ3n) is 7.05. The van der Waals surface area contributed by atoms with Gasteiger partial charge in [0, 0.05) is 30.7 Å². The van der Waals surface area contributed by atoms with E-state index in [1.165, 1.54) is 24.1 Å². The third kappa shape index (κ3) is 5.39. The largest absolute Gasteiger partial charge is 0.371 e. The molecular formula is C23H37Cl2N3O. The van der Waals surface area contributed by atoms with Gasteiger partial charge in [0.25, 0.3) is 0 Å². The van der Waals surface area contributed by atoms with Crippen molar-refractivity contribution in [3.63, 3.8) is 0 Å². The van der Waals surface area contributed by atoms with E-state index in [0.29, 0.717) is 17.4 Å². The summed E-state index contributed by atoms with van der Waals surface area (Å²) in [5.74, 6) is 0.604. The second-order valence-corrected chi connectivity index (χ2v) is 9.94. The van der Waals surface area contributed by atoms with Crippen molar-refractivity contribution in [2.45, 2.75) is 64.3 Å². The molecule has 1 aromatic rings. The lowest BCUT2D eigenvalue weighted by Crippen LogP contribution is -2.46. The van der Waals surface area contributed by atoms with Crippen molar-refractivity contribution in [1.82, 2.24) is 10.6 Å². The summed E-state index contributed by atoms with van der Waals surface area (Å²) >= 11 is 0. The maximum absolute atomic E-state index is 12.7. The number of amides is 1. The third-order valence-corrected chi connectivity index (χ3v) is 7.05. The molecule has 1 spiro atoms. The molecule has 1 unspecified atom stereocenters. The van der Waals surface area contributed by atoms with Crippen molar-refractivity contribution in [2.24, 2.45) is 11.3 Å². The van der Waals surface area contributed by atoms with Crippen molar-refractivity contribution in [3.05, 3.63) is 29.8 Å². The highest BCUT2D eigenvalue weighted by atomic mass is 35.5. The summed E-state index contributed by atoms with van der Waals surface area (Å²) in [6.45, 7) is 11.0. The first kappa shape index (κ1) is 24.3. The van der Waals surface area contributed by atoms with Gasteiger partial charge in [0.05, 0.1) is 0 Å². The zero-order chi connectivity index (χ0) is 19.1. The summed E-state index contributed by atoms with van der Waals surface area (Å²) in [5, 5.41) is 6.78. The fourth-order valence-corrected chi connectivity index (χ4v) is 4.95. The molecule has 3 fully saturated rings. The van der Waals surface area contributed by atoms with Crippen molar-refractivity contribution < 1.29 is 4.79 Å². The van der Waals surface area contributed by atoms with Gasteiger partial charge in [-0.05, 0) is 73.7 Å². The number of piperidine rings is 2. The van der Waals surface area contributed by atoms with E-state index < -0.39 is 0 Å². The minimum atomic E-state index is 0. The maximum Gasteiger partial charge on any atom is 0.223 e. The van der Waals surface area contributed by atoms with Crippen LogP contribution in [-0.2, 0) is 10.2 Å². The number of nitrogens with zero attached hydrogens (tertiary/aromatic N) is 1. The first-order valence-electron chi connectivity index (χ1n) is 10.7. The minimum Gasteiger partial charge on any atom is -0.371 e. The van der Waals surface area contributed by atoms with Gasteiger partial charge < -0.3 is 15.5 Å². The summed E-state index contributed by atoms with van der Waals surface area (Å²) in [5.41, 5.74) is 3.23. The van der Waals surface area contributed by atoms with Gasteiger partial charge in [-0.15, -0.1) is 24.8 Å². The van der Waals surface area contributed by atoms with Crippen LogP contribution in [0.3, 0.4) is 0 Å². The predicted octanol–water partition coefficient (Wildman–Crippen LogP) is 4.30. The van der Waals surface area contributed by atoms with E-state index in [9.17, 15) is 4.79 Å². The van der Waals surface area contributed by atoms with Gasteiger partial charge in [0.15, 0.2) is 0 Å². The number of hydrogen-bond acceptors (Lipinski definition) is 3. The van der Waals surface area contributed by atoms with Gasteiger partial charge in [-0.2, -0.15) is 0 Å². The van der Waals surface area contributed by atoms with E-state index in [1.807, 2.05) is 0 Å². The fraction of sp³-hybridized carbons (Fsp3) is 0.696. The predicted molar refractivity (Wildman–Crippen MR) is 126 cm³/mol. The number of carbonyl (C=O) groups excluding carboxylic acids is 1. The highest BCUT2D eigenvalue weighted by Crippen LogP contribution is 2.58. The van der Waals surface area contributed by atoms with Gasteiger partial charge >= 0.3 is 0 Å². The number of rotatable bonds is 3. The lowest BCUT2D eigenvalue weighted by atomic mass is 9.87. The van der Waals surface area contributed by atoms with E-state index in [2.05, 4.69) is 60.6 Å². The van der Waals surface area contributed by atoms with Gasteiger partial charge in [-0.3, -0.25) is 4.79 Å². The summed E-state index contributed by atoms with van der Waals surface area (Å²) in [7, 11) is 0. The summed E-state index contributed by atoms with van der Waals surface area (Å²) in [6, 6.07) is 9.38. The Balaban J connectivity index is 0.00000150. The molecule has 4 rings (SSSR count). The molecule has 2 heterocycles. The smallest absolute Gasteiger partial charge is 0.223 e. The van der Waals surface area contributed by atoms with Crippen molar-refractivity contribution in [2.75, 3.05) is 31.1 Å². The number of anilines is 1. The van der Waals surface area contributed by atoms with E-state index >= 15 is 0 Å². The van der Waals surface area contributed by atoms with E-state index in [-0.39, 0.29) is 36.1 Å². The Hall–Kier alpha value is -0.970. The normalized spacial score (nSPS) is 23.7. The second kappa shape index (κ2) is 9.45. The molecule has 0 bridgehead atoms. The SMILES string of the molecule is CC(C)(C)c1ccc(N2CCC(NC(=O)C3CC34CCNCC4)CC2)cc1.Cl.Cl. The van der Waals surface area contributed by atoms with Crippen LogP contribution in [0.2, 0.25) is 0 Å². The van der Waals surface area contributed by atoms with Gasteiger partial charge in [0.1, 0.15) is 0 Å². The summed E-state index contributed by atoms with van der Waals surface area (Å²) < 4.78 is 0. The Morgan fingerprint density at radius 3 is 2.21 bits per heavy atom. The number of nitrogens with one attached hydrogen (secondary N) is 2. The fourth-order valence-electron chi connectivity index (χ4n) is 4.95. The second-order valence-electron chi connectivity index (χ2n) is 9.94. The molecule has 0 radical (unpaired) electrons. The van der Waals surface area contributed by atoms with E-state index in [4.69, 9.17) is 0 Å². The number of benzene rings is 1. The summed E-state index contributed by atoms with van der Waals surface area (Å²) in [4.78, 5) is 15.1. The molecule has 2 saturated heterocycles. The highest BCUT2D eigenvalue weighted by molar-refractivity contribution is 5.85. The van der Waals surface area contributed by atoms with Crippen LogP contribution >= 0.6 is 24.8 Å². The average Bonchev–Trinajstić information content (AvgIpc) is 3.35. The zero-order valence-corrected chi connectivity index (χ0v) is 19.6. The molecule has 6 heteroatoms. The first-order valence-corrected chi connectivity index (χ1v) is 10.7. The lowest BCUT2D eigenvalue weighted by molar-refractivity contribution is -0.124. The maximum atomic E-state index is 12.7. The Morgan fingerprint density at radius 1 is 1.07 bits per heavy atom. The monoisotopic (exact) mass is 441 g/mol. The molecule has 1 saturated carbocycles.